The van der Waals surface area contributed by atoms with Gasteiger partial charge < -0.3 is 10.4 Å². The molecule has 0 atom stereocenters. The standard InChI is InChI=1S/C14H11ClF3NOS/c15-12-7-10(3-6-13(12)20)19-8-9-1-4-11(5-2-9)21-14(16,17)18/h1-7,19-20H,8H2. The lowest BCUT2D eigenvalue weighted by Gasteiger charge is -2.09. The van der Waals surface area contributed by atoms with E-state index in [1.54, 1.807) is 24.3 Å². The van der Waals surface area contributed by atoms with Crippen LogP contribution in [0.3, 0.4) is 0 Å². The summed E-state index contributed by atoms with van der Waals surface area (Å²) in [6, 6.07) is 10.8. The van der Waals surface area contributed by atoms with Crippen LogP contribution in [0.15, 0.2) is 47.4 Å². The number of aromatic hydroxyl groups is 1. The maximum atomic E-state index is 12.2. The highest BCUT2D eigenvalue weighted by molar-refractivity contribution is 8.00. The van der Waals surface area contributed by atoms with E-state index in [9.17, 15) is 18.3 Å². The van der Waals surface area contributed by atoms with Gasteiger partial charge >= 0.3 is 5.51 Å². The van der Waals surface area contributed by atoms with Gasteiger partial charge in [0, 0.05) is 17.1 Å². The van der Waals surface area contributed by atoms with Gasteiger partial charge in [-0.25, -0.2) is 0 Å². The molecule has 2 aromatic carbocycles. The Bertz CT molecular complexity index is 617. The Labute approximate surface area is 128 Å². The molecule has 0 saturated carbocycles. The third kappa shape index (κ3) is 5.06. The van der Waals surface area contributed by atoms with Crippen molar-refractivity contribution >= 4 is 29.1 Å². The maximum Gasteiger partial charge on any atom is 0.446 e. The fourth-order valence-corrected chi connectivity index (χ4v) is 2.35. The van der Waals surface area contributed by atoms with Crippen LogP contribution in [0, 0.1) is 0 Å². The van der Waals surface area contributed by atoms with Crippen LogP contribution in [0.25, 0.3) is 0 Å². The van der Waals surface area contributed by atoms with Crippen LogP contribution in [0.1, 0.15) is 5.56 Å². The van der Waals surface area contributed by atoms with Crippen LogP contribution >= 0.6 is 23.4 Å². The molecular weight excluding hydrogens is 323 g/mol. The summed E-state index contributed by atoms with van der Waals surface area (Å²) in [4.78, 5) is 0.152. The highest BCUT2D eigenvalue weighted by Crippen LogP contribution is 2.36. The number of thioether (sulfide) groups is 1. The Morgan fingerprint density at radius 1 is 1.10 bits per heavy atom. The van der Waals surface area contributed by atoms with Gasteiger partial charge in [0.15, 0.2) is 0 Å². The minimum absolute atomic E-state index is 0.00394. The summed E-state index contributed by atoms with van der Waals surface area (Å²) in [5, 5.41) is 12.6. The zero-order valence-corrected chi connectivity index (χ0v) is 12.2. The summed E-state index contributed by atoms with van der Waals surface area (Å²) in [6.07, 6.45) is 0. The number of benzene rings is 2. The van der Waals surface area contributed by atoms with Crippen molar-refractivity contribution in [1.29, 1.82) is 0 Å². The van der Waals surface area contributed by atoms with Crippen LogP contribution in [-0.4, -0.2) is 10.6 Å². The highest BCUT2D eigenvalue weighted by atomic mass is 35.5. The molecule has 0 fully saturated rings. The van der Waals surface area contributed by atoms with Gasteiger partial charge in [-0.3, -0.25) is 0 Å². The van der Waals surface area contributed by atoms with Gasteiger partial charge in [0.25, 0.3) is 0 Å². The topological polar surface area (TPSA) is 32.3 Å². The first kappa shape index (κ1) is 15.9. The Balaban J connectivity index is 1.96. The first-order valence-corrected chi connectivity index (χ1v) is 7.10. The van der Waals surface area contributed by atoms with Crippen LogP contribution in [0.4, 0.5) is 18.9 Å². The number of alkyl halides is 3. The summed E-state index contributed by atoms with van der Waals surface area (Å²) in [5.41, 5.74) is -2.72. The number of hydrogen-bond acceptors (Lipinski definition) is 3. The molecule has 0 heterocycles. The molecule has 0 aliphatic rings. The van der Waals surface area contributed by atoms with Gasteiger partial charge in [-0.1, -0.05) is 23.7 Å². The normalized spacial score (nSPS) is 11.4. The molecule has 0 bridgehead atoms. The van der Waals surface area contributed by atoms with Gasteiger partial charge in [0.2, 0.25) is 0 Å². The van der Waals surface area contributed by atoms with E-state index in [1.807, 2.05) is 0 Å². The molecule has 2 rings (SSSR count). The molecule has 112 valence electrons. The average molecular weight is 334 g/mol. The third-order valence-corrected chi connectivity index (χ3v) is 3.64. The summed E-state index contributed by atoms with van der Waals surface area (Å²) in [6.45, 7) is 0.443. The number of phenols is 1. The van der Waals surface area contributed by atoms with Gasteiger partial charge in [-0.2, -0.15) is 13.2 Å². The number of phenolic OH excluding ortho intramolecular Hbond substituents is 1. The molecule has 2 aromatic rings. The van der Waals surface area contributed by atoms with Crippen molar-refractivity contribution in [3.05, 3.63) is 53.1 Å². The van der Waals surface area contributed by atoms with E-state index < -0.39 is 5.51 Å². The molecular formula is C14H11ClF3NOS. The average Bonchev–Trinajstić information content (AvgIpc) is 2.40. The largest absolute Gasteiger partial charge is 0.506 e. The molecule has 0 saturated heterocycles. The Morgan fingerprint density at radius 2 is 1.76 bits per heavy atom. The summed E-state index contributed by atoms with van der Waals surface area (Å²) in [5.74, 6) is -0.00394. The number of hydrogen-bond donors (Lipinski definition) is 2. The van der Waals surface area contributed by atoms with Crippen LogP contribution < -0.4 is 5.32 Å². The van der Waals surface area contributed by atoms with E-state index in [1.165, 1.54) is 18.2 Å². The van der Waals surface area contributed by atoms with Crippen molar-refractivity contribution in [2.45, 2.75) is 16.9 Å². The van der Waals surface area contributed by atoms with Gasteiger partial charge in [-0.05, 0) is 47.7 Å². The van der Waals surface area contributed by atoms with E-state index >= 15 is 0 Å². The second kappa shape index (κ2) is 6.49. The predicted molar refractivity (Wildman–Crippen MR) is 78.8 cm³/mol. The van der Waals surface area contributed by atoms with Crippen LogP contribution in [-0.2, 0) is 6.54 Å². The highest BCUT2D eigenvalue weighted by Gasteiger charge is 2.28. The second-order valence-electron chi connectivity index (χ2n) is 4.21. The predicted octanol–water partition coefficient (Wildman–Crippen LogP) is 5.27. The molecule has 7 heteroatoms. The van der Waals surface area contributed by atoms with Gasteiger partial charge in [-0.15, -0.1) is 0 Å². The Kier molecular flexibility index (Phi) is 4.90. The maximum absolute atomic E-state index is 12.2. The first-order chi connectivity index (χ1) is 9.83. The quantitative estimate of drug-likeness (QED) is 0.590. The second-order valence-corrected chi connectivity index (χ2v) is 5.76. The number of nitrogens with one attached hydrogen (secondary N) is 1. The minimum atomic E-state index is -4.28. The molecule has 0 unspecified atom stereocenters. The fraction of sp³-hybridized carbons (Fsp3) is 0.143. The lowest BCUT2D eigenvalue weighted by Crippen LogP contribution is -2.00. The molecule has 0 aliphatic heterocycles. The smallest absolute Gasteiger partial charge is 0.446 e. The number of anilines is 1. The van der Waals surface area contributed by atoms with Crippen molar-refractivity contribution < 1.29 is 18.3 Å². The van der Waals surface area contributed by atoms with Gasteiger partial charge in [0.1, 0.15) is 5.75 Å². The molecule has 0 amide bonds. The Hall–Kier alpha value is -1.53. The third-order valence-electron chi connectivity index (χ3n) is 2.60. The first-order valence-electron chi connectivity index (χ1n) is 5.90. The van der Waals surface area contributed by atoms with Gasteiger partial charge in [0.05, 0.1) is 5.02 Å². The van der Waals surface area contributed by atoms with Crippen LogP contribution in [0.2, 0.25) is 5.02 Å². The molecule has 0 aliphatic carbocycles. The fourth-order valence-electron chi connectivity index (χ4n) is 1.63. The molecule has 2 N–H and O–H groups in total. The summed E-state index contributed by atoms with van der Waals surface area (Å²) in [7, 11) is 0. The van der Waals surface area contributed by atoms with E-state index in [2.05, 4.69) is 5.32 Å². The molecule has 0 aromatic heterocycles. The zero-order chi connectivity index (χ0) is 15.5. The number of rotatable bonds is 4. The van der Waals surface area contributed by atoms with E-state index in [0.29, 0.717) is 12.2 Å². The monoisotopic (exact) mass is 333 g/mol. The zero-order valence-electron chi connectivity index (χ0n) is 10.6. The van der Waals surface area contributed by atoms with E-state index in [-0.39, 0.29) is 27.4 Å². The minimum Gasteiger partial charge on any atom is -0.506 e. The van der Waals surface area contributed by atoms with Crippen molar-refractivity contribution in [1.82, 2.24) is 0 Å². The van der Waals surface area contributed by atoms with Crippen molar-refractivity contribution in [2.75, 3.05) is 5.32 Å². The van der Waals surface area contributed by atoms with E-state index in [0.717, 1.165) is 5.56 Å². The SMILES string of the molecule is Oc1ccc(NCc2ccc(SC(F)(F)F)cc2)cc1Cl. The summed E-state index contributed by atoms with van der Waals surface area (Å²) >= 11 is 5.64. The van der Waals surface area contributed by atoms with Crippen molar-refractivity contribution in [3.63, 3.8) is 0 Å². The van der Waals surface area contributed by atoms with Crippen molar-refractivity contribution in [2.24, 2.45) is 0 Å². The van der Waals surface area contributed by atoms with Crippen molar-refractivity contribution in [3.8, 4) is 5.75 Å². The molecule has 21 heavy (non-hydrogen) atoms. The molecule has 0 spiro atoms. The number of halogens is 4. The van der Waals surface area contributed by atoms with Crippen LogP contribution in [0.5, 0.6) is 5.75 Å². The lowest BCUT2D eigenvalue weighted by molar-refractivity contribution is -0.0328. The van der Waals surface area contributed by atoms with E-state index in [4.69, 9.17) is 11.6 Å². The molecule has 0 radical (unpaired) electrons. The Morgan fingerprint density at radius 3 is 2.33 bits per heavy atom. The lowest BCUT2D eigenvalue weighted by atomic mass is 10.2. The molecule has 2 nitrogen and oxygen atoms in total. The summed E-state index contributed by atoms with van der Waals surface area (Å²) < 4.78 is 36.6.